The third kappa shape index (κ3) is 0.532. The zero-order valence-electron chi connectivity index (χ0n) is 12.5. The van der Waals surface area contributed by atoms with Crippen molar-refractivity contribution in [1.82, 2.24) is 13.7 Å². The summed E-state index contributed by atoms with van der Waals surface area (Å²) in [5.41, 5.74) is 18.5. The second-order valence-corrected chi connectivity index (χ2v) is 8.14. The molecule has 0 spiro atoms. The standard InChI is InChI=1S/C21H9N3/c1-2-8-14-10-5-6-12-15-11-4-3-9-13-7(1)22(8)19-16(13)20(23(9)11)18(15)21(17(14)19)24(10)12/h1-6,13-15H. The molecule has 9 heterocycles. The Bertz CT molecular complexity index is 1160. The molecule has 0 saturated heterocycles. The fourth-order valence-corrected chi connectivity index (χ4v) is 7.19. The lowest BCUT2D eigenvalue weighted by molar-refractivity contribution is 0.836. The summed E-state index contributed by atoms with van der Waals surface area (Å²) in [5.74, 6) is 1.41. The van der Waals surface area contributed by atoms with Gasteiger partial charge in [-0.25, -0.2) is 0 Å². The zero-order valence-corrected chi connectivity index (χ0v) is 12.5. The second kappa shape index (κ2) is 2.24. The van der Waals surface area contributed by atoms with Crippen molar-refractivity contribution in [2.24, 2.45) is 0 Å². The summed E-state index contributed by atoms with van der Waals surface area (Å²) in [6.07, 6.45) is 0. The summed E-state index contributed by atoms with van der Waals surface area (Å²) in [6, 6.07) is 14.3. The molecule has 1 aromatic carbocycles. The first-order valence-corrected chi connectivity index (χ1v) is 8.84. The Hall–Kier alpha value is -2.94. The van der Waals surface area contributed by atoms with E-state index in [1.165, 1.54) is 34.2 Å². The van der Waals surface area contributed by atoms with E-state index in [2.05, 4.69) is 50.1 Å². The van der Waals surface area contributed by atoms with Crippen LogP contribution >= 0.6 is 0 Å². The van der Waals surface area contributed by atoms with Gasteiger partial charge in [0, 0.05) is 50.9 Å². The molecule has 6 aliphatic rings. The highest BCUT2D eigenvalue weighted by Gasteiger charge is 2.59. The number of hydrogen-bond donors (Lipinski definition) is 0. The van der Waals surface area contributed by atoms with E-state index in [0.29, 0.717) is 17.8 Å². The number of fused-ring (bicyclic) bond motifs is 6. The molecule has 0 saturated carbocycles. The van der Waals surface area contributed by atoms with Crippen LogP contribution in [0.4, 0.5) is 0 Å². The topological polar surface area (TPSA) is 14.8 Å². The van der Waals surface area contributed by atoms with E-state index >= 15 is 0 Å². The third-order valence-corrected chi connectivity index (χ3v) is 7.67. The summed E-state index contributed by atoms with van der Waals surface area (Å²) < 4.78 is 7.82. The molecule has 3 heteroatoms. The van der Waals surface area contributed by atoms with Crippen LogP contribution < -0.4 is 0 Å². The quantitative estimate of drug-likeness (QED) is 0.407. The van der Waals surface area contributed by atoms with Crippen LogP contribution in [0.1, 0.15) is 68.6 Å². The average Bonchev–Trinajstić information content (AvgIpc) is 3.32. The Kier molecular flexibility index (Phi) is 0.875. The summed E-state index contributed by atoms with van der Waals surface area (Å²) in [5, 5.41) is 0. The van der Waals surface area contributed by atoms with E-state index in [9.17, 15) is 0 Å². The van der Waals surface area contributed by atoms with Crippen LogP contribution in [0.5, 0.6) is 0 Å². The van der Waals surface area contributed by atoms with Crippen LogP contribution in [0.25, 0.3) is 17.1 Å². The van der Waals surface area contributed by atoms with Crippen molar-refractivity contribution in [3.05, 3.63) is 87.3 Å². The fraction of sp³-hybridized carbons (Fsp3) is 0.143. The van der Waals surface area contributed by atoms with E-state index in [1.54, 1.807) is 33.8 Å². The molecule has 0 amide bonds. The van der Waals surface area contributed by atoms with E-state index in [0.717, 1.165) is 0 Å². The molecule has 0 N–H and O–H groups in total. The first kappa shape index (κ1) is 9.38. The molecule has 3 nitrogen and oxygen atoms in total. The van der Waals surface area contributed by atoms with Gasteiger partial charge in [0.25, 0.3) is 0 Å². The number of rotatable bonds is 0. The molecule has 6 aliphatic heterocycles. The van der Waals surface area contributed by atoms with Crippen molar-refractivity contribution < 1.29 is 0 Å². The minimum Gasteiger partial charge on any atom is -0.315 e. The summed E-state index contributed by atoms with van der Waals surface area (Å²) in [6.45, 7) is 0. The highest BCUT2D eigenvalue weighted by molar-refractivity contribution is 5.91. The molecule has 24 heavy (non-hydrogen) atoms. The van der Waals surface area contributed by atoms with Crippen molar-refractivity contribution >= 4 is 0 Å². The van der Waals surface area contributed by atoms with Gasteiger partial charge in [0.15, 0.2) is 0 Å². The molecule has 0 atom stereocenters. The van der Waals surface area contributed by atoms with Gasteiger partial charge < -0.3 is 13.7 Å². The van der Waals surface area contributed by atoms with Gasteiger partial charge in [-0.3, -0.25) is 0 Å². The van der Waals surface area contributed by atoms with Crippen molar-refractivity contribution in [2.75, 3.05) is 0 Å². The molecule has 108 valence electrons. The Balaban J connectivity index is 1.68. The average molecular weight is 303 g/mol. The Labute approximate surface area is 136 Å². The monoisotopic (exact) mass is 303 g/mol. The summed E-state index contributed by atoms with van der Waals surface area (Å²) in [7, 11) is 0. The summed E-state index contributed by atoms with van der Waals surface area (Å²) in [4.78, 5) is 0. The van der Waals surface area contributed by atoms with Gasteiger partial charge >= 0.3 is 0 Å². The lowest BCUT2D eigenvalue weighted by Gasteiger charge is -2.11. The lowest BCUT2D eigenvalue weighted by Crippen LogP contribution is -2.04. The van der Waals surface area contributed by atoms with Gasteiger partial charge in [-0.1, -0.05) is 0 Å². The molecule has 0 bridgehead atoms. The zero-order chi connectivity index (χ0) is 14.6. The molecular weight excluding hydrogens is 294 g/mol. The number of benzene rings is 1. The van der Waals surface area contributed by atoms with Gasteiger partial charge in [0.1, 0.15) is 0 Å². The van der Waals surface area contributed by atoms with Crippen LogP contribution in [-0.2, 0) is 0 Å². The van der Waals surface area contributed by atoms with Crippen molar-refractivity contribution in [3.8, 4) is 17.1 Å². The van der Waals surface area contributed by atoms with Crippen LogP contribution in [0, 0.1) is 0 Å². The number of nitrogens with zero attached hydrogens (tertiary/aromatic N) is 3. The molecule has 4 aromatic rings. The number of aromatic nitrogens is 3. The Morgan fingerprint density at radius 1 is 0.417 bits per heavy atom. The largest absolute Gasteiger partial charge is 0.315 e. The molecule has 0 aliphatic carbocycles. The minimum absolute atomic E-state index is 0.469. The number of hydrogen-bond acceptors (Lipinski definition) is 0. The normalized spacial score (nSPS) is 26.8. The SMILES string of the molecule is c1cc2n3c1C1c4c-3c3c5c6c4-n4c1ccc4C6c1ccc(n1-5)C32. The second-order valence-electron chi connectivity index (χ2n) is 8.14. The molecule has 3 aromatic heterocycles. The van der Waals surface area contributed by atoms with E-state index in [1.807, 2.05) is 0 Å². The van der Waals surface area contributed by atoms with Crippen molar-refractivity contribution in [2.45, 2.75) is 17.8 Å². The van der Waals surface area contributed by atoms with Gasteiger partial charge in [-0.05, 0) is 36.4 Å². The van der Waals surface area contributed by atoms with Crippen LogP contribution in [0.15, 0.2) is 36.4 Å². The first-order valence-electron chi connectivity index (χ1n) is 8.84. The smallest absolute Gasteiger partial charge is 0.0694 e. The van der Waals surface area contributed by atoms with Gasteiger partial charge in [0.2, 0.25) is 0 Å². The molecule has 0 radical (unpaired) electrons. The van der Waals surface area contributed by atoms with E-state index < -0.39 is 0 Å². The maximum absolute atomic E-state index is 2.61. The third-order valence-electron chi connectivity index (χ3n) is 7.67. The molecule has 0 fully saturated rings. The van der Waals surface area contributed by atoms with E-state index in [-0.39, 0.29) is 0 Å². The predicted octanol–water partition coefficient (Wildman–Crippen LogP) is 3.48. The Morgan fingerprint density at radius 3 is 0.917 bits per heavy atom. The maximum atomic E-state index is 2.61. The van der Waals surface area contributed by atoms with Crippen LogP contribution in [-0.4, -0.2) is 13.7 Å². The fourth-order valence-electron chi connectivity index (χ4n) is 7.19. The van der Waals surface area contributed by atoms with Crippen molar-refractivity contribution in [1.29, 1.82) is 0 Å². The van der Waals surface area contributed by atoms with E-state index in [4.69, 9.17) is 0 Å². The van der Waals surface area contributed by atoms with Crippen LogP contribution in [0.3, 0.4) is 0 Å². The summed E-state index contributed by atoms with van der Waals surface area (Å²) >= 11 is 0. The first-order chi connectivity index (χ1) is 11.9. The van der Waals surface area contributed by atoms with Gasteiger partial charge in [0.05, 0.1) is 34.8 Å². The highest BCUT2D eigenvalue weighted by Crippen LogP contribution is 2.69. The van der Waals surface area contributed by atoms with Gasteiger partial charge in [-0.15, -0.1) is 0 Å². The Morgan fingerprint density at radius 2 is 0.667 bits per heavy atom. The highest BCUT2D eigenvalue weighted by atomic mass is 15.2. The van der Waals surface area contributed by atoms with Crippen molar-refractivity contribution in [3.63, 3.8) is 0 Å². The maximum Gasteiger partial charge on any atom is 0.0694 e. The molecule has 10 rings (SSSR count). The lowest BCUT2D eigenvalue weighted by atomic mass is 9.87. The molecular formula is C21H9N3. The van der Waals surface area contributed by atoms with Gasteiger partial charge in [-0.2, -0.15) is 0 Å². The minimum atomic E-state index is 0.469. The predicted molar refractivity (Wildman–Crippen MR) is 87.3 cm³/mol. The van der Waals surface area contributed by atoms with Crippen LogP contribution in [0.2, 0.25) is 0 Å². The molecule has 0 unspecified atom stereocenters.